The van der Waals surface area contributed by atoms with Crippen molar-refractivity contribution in [3.05, 3.63) is 48.3 Å². The molecule has 0 fully saturated rings. The lowest BCUT2D eigenvalue weighted by atomic mass is 10.2. The van der Waals surface area contributed by atoms with Crippen LogP contribution in [0.2, 0.25) is 0 Å². The zero-order valence-electron chi connectivity index (χ0n) is 14.1. The van der Waals surface area contributed by atoms with Gasteiger partial charge in [-0.3, -0.25) is 9.59 Å². The fourth-order valence-corrected chi connectivity index (χ4v) is 2.34. The van der Waals surface area contributed by atoms with Crippen LogP contribution in [-0.4, -0.2) is 47.3 Å². The number of benzene rings is 1. The Kier molecular flexibility index (Phi) is 6.54. The highest BCUT2D eigenvalue weighted by Crippen LogP contribution is 2.10. The minimum absolute atomic E-state index is 0.0623. The van der Waals surface area contributed by atoms with E-state index in [0.29, 0.717) is 32.2 Å². The van der Waals surface area contributed by atoms with Crippen LogP contribution in [-0.2, 0) is 20.7 Å². The lowest BCUT2D eigenvalue weighted by molar-refractivity contribution is -0.141. The number of nitrogens with zero attached hydrogens (tertiary/aromatic N) is 3. The Morgan fingerprint density at radius 2 is 1.96 bits per heavy atom. The second-order valence-electron chi connectivity index (χ2n) is 5.62. The summed E-state index contributed by atoms with van der Waals surface area (Å²) in [5.74, 6) is -0.184. The summed E-state index contributed by atoms with van der Waals surface area (Å²) in [4.78, 5) is 24.8. The number of ether oxygens (including phenoxy) is 1. The summed E-state index contributed by atoms with van der Waals surface area (Å²) < 4.78 is 6.39. The predicted molar refractivity (Wildman–Crippen MR) is 90.8 cm³/mol. The number of rotatable bonds is 8. The van der Waals surface area contributed by atoms with Gasteiger partial charge in [-0.2, -0.15) is 5.10 Å². The first-order chi connectivity index (χ1) is 11.6. The summed E-state index contributed by atoms with van der Waals surface area (Å²) in [7, 11) is 3.12. The Balaban J connectivity index is 1.77. The van der Waals surface area contributed by atoms with Crippen molar-refractivity contribution in [2.45, 2.75) is 25.7 Å². The van der Waals surface area contributed by atoms with Gasteiger partial charge in [0.2, 0.25) is 5.91 Å². The van der Waals surface area contributed by atoms with E-state index in [1.54, 1.807) is 22.8 Å². The molecule has 0 aliphatic heterocycles. The van der Waals surface area contributed by atoms with Crippen molar-refractivity contribution in [2.24, 2.45) is 0 Å². The molecule has 6 nitrogen and oxygen atoms in total. The van der Waals surface area contributed by atoms with Gasteiger partial charge in [0, 0.05) is 32.6 Å². The van der Waals surface area contributed by atoms with Crippen LogP contribution in [0.4, 0.5) is 0 Å². The van der Waals surface area contributed by atoms with Crippen LogP contribution in [0.15, 0.2) is 42.7 Å². The molecule has 0 aliphatic rings. The molecule has 0 aliphatic carbocycles. The maximum atomic E-state index is 12.1. The topological polar surface area (TPSA) is 64.4 Å². The van der Waals surface area contributed by atoms with Crippen molar-refractivity contribution in [3.63, 3.8) is 0 Å². The molecule has 24 heavy (non-hydrogen) atoms. The molecule has 1 aromatic carbocycles. The standard InChI is InChI=1S/C18H23N3O3/c1-20(12-6-9-18(23)24-2)17(22)11-10-15-13-19-21(14-15)16-7-4-3-5-8-16/h3-5,7-8,13-14H,6,9-12H2,1-2H3. The third kappa shape index (κ3) is 5.22. The Bertz CT molecular complexity index is 667. The van der Waals surface area contributed by atoms with E-state index in [1.165, 1.54) is 7.11 Å². The van der Waals surface area contributed by atoms with Crippen molar-refractivity contribution >= 4 is 11.9 Å². The third-order valence-electron chi connectivity index (χ3n) is 3.81. The zero-order valence-corrected chi connectivity index (χ0v) is 14.1. The number of hydrogen-bond donors (Lipinski definition) is 0. The first-order valence-corrected chi connectivity index (χ1v) is 8.00. The number of amides is 1. The molecule has 0 N–H and O–H groups in total. The van der Waals surface area contributed by atoms with Crippen LogP contribution in [0.25, 0.3) is 5.69 Å². The van der Waals surface area contributed by atoms with Crippen LogP contribution in [0.1, 0.15) is 24.8 Å². The summed E-state index contributed by atoms with van der Waals surface area (Å²) in [6, 6.07) is 9.85. The van der Waals surface area contributed by atoms with Gasteiger partial charge in [0.15, 0.2) is 0 Å². The number of para-hydroxylation sites is 1. The quantitative estimate of drug-likeness (QED) is 0.697. The van der Waals surface area contributed by atoms with Crippen molar-refractivity contribution in [1.29, 1.82) is 0 Å². The molecule has 1 amide bonds. The molecule has 0 bridgehead atoms. The van der Waals surface area contributed by atoms with Gasteiger partial charge in [-0.1, -0.05) is 18.2 Å². The number of aryl methyl sites for hydroxylation is 1. The molecular formula is C18H23N3O3. The molecular weight excluding hydrogens is 306 g/mol. The van der Waals surface area contributed by atoms with E-state index in [9.17, 15) is 9.59 Å². The number of aromatic nitrogens is 2. The molecule has 128 valence electrons. The highest BCUT2D eigenvalue weighted by molar-refractivity contribution is 5.76. The average molecular weight is 329 g/mol. The normalized spacial score (nSPS) is 10.4. The van der Waals surface area contributed by atoms with E-state index in [0.717, 1.165) is 11.3 Å². The van der Waals surface area contributed by atoms with Gasteiger partial charge in [-0.25, -0.2) is 4.68 Å². The average Bonchev–Trinajstić information content (AvgIpc) is 3.09. The molecule has 0 atom stereocenters. The molecule has 1 aromatic heterocycles. The van der Waals surface area contributed by atoms with E-state index in [-0.39, 0.29) is 11.9 Å². The summed E-state index contributed by atoms with van der Waals surface area (Å²) in [5.41, 5.74) is 2.02. The van der Waals surface area contributed by atoms with Gasteiger partial charge in [0.1, 0.15) is 0 Å². The van der Waals surface area contributed by atoms with Crippen LogP contribution in [0.5, 0.6) is 0 Å². The summed E-state index contributed by atoms with van der Waals surface area (Å²) in [6.45, 7) is 0.553. The Labute approximate surface area is 142 Å². The summed E-state index contributed by atoms with van der Waals surface area (Å²) in [5, 5.41) is 4.33. The predicted octanol–water partition coefficient (Wildman–Crippen LogP) is 2.22. The molecule has 0 radical (unpaired) electrons. The smallest absolute Gasteiger partial charge is 0.305 e. The van der Waals surface area contributed by atoms with Crippen molar-refractivity contribution in [3.8, 4) is 5.69 Å². The maximum absolute atomic E-state index is 12.1. The number of esters is 1. The number of carbonyl (C=O) groups excluding carboxylic acids is 2. The van der Waals surface area contributed by atoms with Crippen molar-refractivity contribution < 1.29 is 14.3 Å². The number of hydrogen-bond acceptors (Lipinski definition) is 4. The van der Waals surface area contributed by atoms with E-state index in [4.69, 9.17) is 0 Å². The Hall–Kier alpha value is -2.63. The van der Waals surface area contributed by atoms with Gasteiger partial charge in [0.25, 0.3) is 0 Å². The summed E-state index contributed by atoms with van der Waals surface area (Å²) >= 11 is 0. The van der Waals surface area contributed by atoms with Crippen molar-refractivity contribution in [2.75, 3.05) is 20.7 Å². The van der Waals surface area contributed by atoms with Crippen LogP contribution in [0.3, 0.4) is 0 Å². The summed E-state index contributed by atoms with van der Waals surface area (Å²) in [6.07, 6.45) is 5.75. The van der Waals surface area contributed by atoms with E-state index < -0.39 is 0 Å². The first-order valence-electron chi connectivity index (χ1n) is 8.00. The van der Waals surface area contributed by atoms with Gasteiger partial charge in [-0.15, -0.1) is 0 Å². The molecule has 0 saturated carbocycles. The van der Waals surface area contributed by atoms with Gasteiger partial charge in [0.05, 0.1) is 19.0 Å². The second-order valence-corrected chi connectivity index (χ2v) is 5.62. The largest absolute Gasteiger partial charge is 0.469 e. The van der Waals surface area contributed by atoms with Gasteiger partial charge >= 0.3 is 5.97 Å². The third-order valence-corrected chi connectivity index (χ3v) is 3.81. The minimum atomic E-state index is -0.246. The Morgan fingerprint density at radius 1 is 1.21 bits per heavy atom. The molecule has 6 heteroatoms. The lowest BCUT2D eigenvalue weighted by Crippen LogP contribution is -2.28. The first kappa shape index (κ1) is 17.7. The van der Waals surface area contributed by atoms with Crippen LogP contribution < -0.4 is 0 Å². The molecule has 1 heterocycles. The van der Waals surface area contributed by atoms with Crippen molar-refractivity contribution in [1.82, 2.24) is 14.7 Å². The number of carbonyl (C=O) groups is 2. The van der Waals surface area contributed by atoms with Crippen LogP contribution >= 0.6 is 0 Å². The van der Waals surface area contributed by atoms with Gasteiger partial charge in [-0.05, 0) is 30.5 Å². The SMILES string of the molecule is COC(=O)CCCN(C)C(=O)CCc1cnn(-c2ccccc2)c1. The monoisotopic (exact) mass is 329 g/mol. The highest BCUT2D eigenvalue weighted by atomic mass is 16.5. The van der Waals surface area contributed by atoms with Gasteiger partial charge < -0.3 is 9.64 Å². The second kappa shape index (κ2) is 8.86. The molecule has 0 unspecified atom stereocenters. The van der Waals surface area contributed by atoms with Crippen LogP contribution in [0, 0.1) is 0 Å². The fourth-order valence-electron chi connectivity index (χ4n) is 2.34. The van der Waals surface area contributed by atoms with E-state index in [1.807, 2.05) is 36.5 Å². The minimum Gasteiger partial charge on any atom is -0.469 e. The van der Waals surface area contributed by atoms with E-state index in [2.05, 4.69) is 9.84 Å². The Morgan fingerprint density at radius 3 is 2.67 bits per heavy atom. The molecule has 2 aromatic rings. The fraction of sp³-hybridized carbons (Fsp3) is 0.389. The molecule has 0 saturated heterocycles. The molecule has 0 spiro atoms. The zero-order chi connectivity index (χ0) is 17.4. The molecule has 2 rings (SSSR count). The lowest BCUT2D eigenvalue weighted by Gasteiger charge is -2.16. The maximum Gasteiger partial charge on any atom is 0.305 e. The highest BCUT2D eigenvalue weighted by Gasteiger charge is 2.11. The number of methoxy groups -OCH3 is 1. The van der Waals surface area contributed by atoms with E-state index >= 15 is 0 Å².